The molecule has 192 valence electrons. The Morgan fingerprint density at radius 2 is 1.79 bits per heavy atom. The molecule has 38 heavy (non-hydrogen) atoms. The number of imidazole rings is 1. The first-order valence-corrected chi connectivity index (χ1v) is 13.3. The quantitative estimate of drug-likeness (QED) is 0.245. The van der Waals surface area contributed by atoms with Gasteiger partial charge in [-0.3, -0.25) is 4.79 Å². The number of rotatable bonds is 7. The number of hydrogen-bond acceptors (Lipinski definition) is 4. The molecular weight excluding hydrogens is 474 g/mol. The SMILES string of the molecule is O=C(N[C@@H](Cc1ccc(O)cc1)c1ccccc1)c1ccc2c(c1)nc(-c1ccoc1)n2C1CCCCC1. The number of carbonyl (C=O) groups excluding carboxylic acids is 1. The van der Waals surface area contributed by atoms with Gasteiger partial charge in [-0.2, -0.15) is 0 Å². The Morgan fingerprint density at radius 1 is 1.00 bits per heavy atom. The number of fused-ring (bicyclic) bond motifs is 1. The molecule has 1 saturated carbocycles. The molecule has 0 aliphatic heterocycles. The largest absolute Gasteiger partial charge is 0.508 e. The van der Waals surface area contributed by atoms with Gasteiger partial charge >= 0.3 is 0 Å². The van der Waals surface area contributed by atoms with Crippen molar-refractivity contribution >= 4 is 16.9 Å². The maximum absolute atomic E-state index is 13.5. The third-order valence-electron chi connectivity index (χ3n) is 7.55. The summed E-state index contributed by atoms with van der Waals surface area (Å²) in [5.74, 6) is 0.981. The van der Waals surface area contributed by atoms with Crippen molar-refractivity contribution in [2.75, 3.05) is 0 Å². The Kier molecular flexibility index (Phi) is 6.69. The zero-order valence-corrected chi connectivity index (χ0v) is 21.2. The van der Waals surface area contributed by atoms with E-state index in [2.05, 4.69) is 9.88 Å². The number of carbonyl (C=O) groups is 1. The number of hydrogen-bond donors (Lipinski definition) is 2. The van der Waals surface area contributed by atoms with Crippen LogP contribution < -0.4 is 5.32 Å². The Balaban J connectivity index is 1.32. The van der Waals surface area contributed by atoms with E-state index >= 15 is 0 Å². The lowest BCUT2D eigenvalue weighted by Crippen LogP contribution is -2.30. The molecule has 1 fully saturated rings. The second-order valence-electron chi connectivity index (χ2n) is 10.1. The van der Waals surface area contributed by atoms with Crippen LogP contribution in [-0.2, 0) is 6.42 Å². The van der Waals surface area contributed by atoms with Gasteiger partial charge in [-0.05, 0) is 66.8 Å². The zero-order chi connectivity index (χ0) is 25.9. The summed E-state index contributed by atoms with van der Waals surface area (Å²) in [5.41, 5.74) is 5.46. The first kappa shape index (κ1) is 24.0. The average molecular weight is 506 g/mol. The van der Waals surface area contributed by atoms with Crippen LogP contribution in [-0.4, -0.2) is 20.6 Å². The monoisotopic (exact) mass is 505 g/mol. The van der Waals surface area contributed by atoms with Gasteiger partial charge in [0.25, 0.3) is 5.91 Å². The van der Waals surface area contributed by atoms with Gasteiger partial charge in [-0.1, -0.05) is 61.7 Å². The van der Waals surface area contributed by atoms with Gasteiger partial charge in [0.05, 0.1) is 28.9 Å². The van der Waals surface area contributed by atoms with Crippen LogP contribution in [0, 0.1) is 0 Å². The molecule has 1 atom stereocenters. The third-order valence-corrected chi connectivity index (χ3v) is 7.55. The molecule has 6 nitrogen and oxygen atoms in total. The summed E-state index contributed by atoms with van der Waals surface area (Å²) in [5, 5.41) is 12.9. The highest BCUT2D eigenvalue weighted by molar-refractivity contribution is 5.98. The average Bonchev–Trinajstić information content (AvgIpc) is 3.62. The summed E-state index contributed by atoms with van der Waals surface area (Å²) in [6.45, 7) is 0. The van der Waals surface area contributed by atoms with Crippen molar-refractivity contribution in [2.45, 2.75) is 50.6 Å². The van der Waals surface area contributed by atoms with Crippen LogP contribution in [0.4, 0.5) is 0 Å². The highest BCUT2D eigenvalue weighted by atomic mass is 16.3. The summed E-state index contributed by atoms with van der Waals surface area (Å²) in [7, 11) is 0. The zero-order valence-electron chi connectivity index (χ0n) is 21.2. The van der Waals surface area contributed by atoms with E-state index in [0.717, 1.165) is 46.4 Å². The molecular formula is C32H31N3O3. The standard InChI is InChI=1S/C32H31N3O3/c36-27-14-11-22(12-15-27)19-28(23-7-3-1-4-8-23)34-32(37)24-13-16-30-29(20-24)33-31(25-17-18-38-21-25)35(30)26-9-5-2-6-10-26/h1,3-4,7-8,11-18,20-21,26,28,36H,2,5-6,9-10,19H2,(H,34,37)/t28-/m0/s1. The number of aromatic nitrogens is 2. The fraction of sp³-hybridized carbons (Fsp3) is 0.250. The number of nitrogens with zero attached hydrogens (tertiary/aromatic N) is 2. The number of phenolic OH excluding ortho intramolecular Hbond substituents is 1. The Labute approximate surface area is 222 Å². The topological polar surface area (TPSA) is 80.3 Å². The summed E-state index contributed by atoms with van der Waals surface area (Å²) >= 11 is 0. The Bertz CT molecular complexity index is 1520. The van der Waals surface area contributed by atoms with Crippen LogP contribution in [0.5, 0.6) is 5.75 Å². The predicted octanol–water partition coefficient (Wildman–Crippen LogP) is 7.22. The van der Waals surface area contributed by atoms with Gasteiger partial charge in [0.2, 0.25) is 0 Å². The van der Waals surface area contributed by atoms with Gasteiger partial charge in [0.15, 0.2) is 0 Å². The number of phenols is 1. The maximum atomic E-state index is 13.5. The van der Waals surface area contributed by atoms with E-state index < -0.39 is 0 Å². The van der Waals surface area contributed by atoms with Crippen molar-refractivity contribution in [1.29, 1.82) is 0 Å². The minimum Gasteiger partial charge on any atom is -0.508 e. The molecule has 2 N–H and O–H groups in total. The molecule has 1 amide bonds. The lowest BCUT2D eigenvalue weighted by molar-refractivity contribution is 0.0936. The smallest absolute Gasteiger partial charge is 0.251 e. The van der Waals surface area contributed by atoms with Gasteiger partial charge < -0.3 is 19.4 Å². The van der Waals surface area contributed by atoms with Gasteiger partial charge in [-0.15, -0.1) is 0 Å². The van der Waals surface area contributed by atoms with Crippen LogP contribution in [0.25, 0.3) is 22.4 Å². The molecule has 0 radical (unpaired) electrons. The van der Waals surface area contributed by atoms with Crippen molar-refractivity contribution in [2.24, 2.45) is 0 Å². The Morgan fingerprint density at radius 3 is 2.53 bits per heavy atom. The number of furan rings is 1. The van der Waals surface area contributed by atoms with E-state index in [4.69, 9.17) is 9.40 Å². The van der Waals surface area contributed by atoms with Crippen molar-refractivity contribution < 1.29 is 14.3 Å². The van der Waals surface area contributed by atoms with Crippen molar-refractivity contribution in [1.82, 2.24) is 14.9 Å². The van der Waals surface area contributed by atoms with Crippen LogP contribution in [0.1, 0.15) is 65.7 Å². The van der Waals surface area contributed by atoms with E-state index in [1.54, 1.807) is 24.7 Å². The molecule has 0 unspecified atom stereocenters. The van der Waals surface area contributed by atoms with Crippen LogP contribution in [0.15, 0.2) is 95.8 Å². The third kappa shape index (κ3) is 4.94. The van der Waals surface area contributed by atoms with Crippen LogP contribution in [0.2, 0.25) is 0 Å². The normalized spacial score (nSPS) is 14.9. The molecule has 1 aliphatic carbocycles. The van der Waals surface area contributed by atoms with E-state index in [0.29, 0.717) is 18.0 Å². The van der Waals surface area contributed by atoms with Crippen molar-refractivity contribution in [3.63, 3.8) is 0 Å². The fourth-order valence-corrected chi connectivity index (χ4v) is 5.59. The molecule has 2 aromatic heterocycles. The maximum Gasteiger partial charge on any atom is 0.251 e. The second-order valence-corrected chi connectivity index (χ2v) is 10.1. The summed E-state index contributed by atoms with van der Waals surface area (Å²) in [6, 6.07) is 25.1. The molecule has 3 aromatic carbocycles. The lowest BCUT2D eigenvalue weighted by atomic mass is 9.95. The number of nitrogens with one attached hydrogen (secondary N) is 1. The summed E-state index contributed by atoms with van der Waals surface area (Å²) in [6.07, 6.45) is 10.0. The first-order chi connectivity index (χ1) is 18.7. The highest BCUT2D eigenvalue weighted by Gasteiger charge is 2.24. The number of amides is 1. The molecule has 0 saturated heterocycles. The van der Waals surface area contributed by atoms with Crippen molar-refractivity contribution in [3.05, 3.63) is 108 Å². The van der Waals surface area contributed by atoms with E-state index in [9.17, 15) is 9.90 Å². The minimum absolute atomic E-state index is 0.142. The Hall–Kier alpha value is -4.32. The molecule has 5 aromatic rings. The molecule has 0 bridgehead atoms. The van der Waals surface area contributed by atoms with Gasteiger partial charge in [0, 0.05) is 11.6 Å². The summed E-state index contributed by atoms with van der Waals surface area (Å²) < 4.78 is 7.72. The molecule has 6 rings (SSSR count). The molecule has 0 spiro atoms. The molecule has 1 aliphatic rings. The van der Waals surface area contributed by atoms with Crippen molar-refractivity contribution in [3.8, 4) is 17.1 Å². The van der Waals surface area contributed by atoms with Gasteiger partial charge in [-0.25, -0.2) is 4.98 Å². The predicted molar refractivity (Wildman–Crippen MR) is 148 cm³/mol. The van der Waals surface area contributed by atoms with E-state index in [-0.39, 0.29) is 17.7 Å². The van der Waals surface area contributed by atoms with Crippen LogP contribution in [0.3, 0.4) is 0 Å². The molecule has 2 heterocycles. The van der Waals surface area contributed by atoms with E-state index in [1.807, 2.05) is 66.7 Å². The lowest BCUT2D eigenvalue weighted by Gasteiger charge is -2.25. The highest BCUT2D eigenvalue weighted by Crippen LogP contribution is 2.36. The second kappa shape index (κ2) is 10.6. The first-order valence-electron chi connectivity index (χ1n) is 13.3. The van der Waals surface area contributed by atoms with Gasteiger partial charge in [0.1, 0.15) is 17.8 Å². The molecule has 6 heteroatoms. The van der Waals surface area contributed by atoms with Crippen LogP contribution >= 0.6 is 0 Å². The van der Waals surface area contributed by atoms with E-state index in [1.165, 1.54) is 19.3 Å². The summed E-state index contributed by atoms with van der Waals surface area (Å²) in [4.78, 5) is 18.5. The number of aromatic hydroxyl groups is 1. The minimum atomic E-state index is -0.217. The fourth-order valence-electron chi connectivity index (χ4n) is 5.59. The number of benzene rings is 3.